The van der Waals surface area contributed by atoms with Gasteiger partial charge in [-0.2, -0.15) is 12.6 Å². The van der Waals surface area contributed by atoms with Crippen LogP contribution in [0.2, 0.25) is 0 Å². The summed E-state index contributed by atoms with van der Waals surface area (Å²) in [6.07, 6.45) is -0.359. The molecule has 1 rings (SSSR count). The number of nitrogens with one attached hydrogen (secondary N) is 2. The number of carboxylic acid groups (broad SMARTS) is 1. The number of benzene rings is 1. The van der Waals surface area contributed by atoms with Crippen LogP contribution in [-0.4, -0.2) is 47.3 Å². The van der Waals surface area contributed by atoms with E-state index in [9.17, 15) is 14.4 Å². The van der Waals surface area contributed by atoms with Crippen molar-refractivity contribution in [3.63, 3.8) is 0 Å². The van der Waals surface area contributed by atoms with Crippen LogP contribution in [0, 0.1) is 11.8 Å². The number of ether oxygens (including phenoxy) is 1. The predicted molar refractivity (Wildman–Crippen MR) is 115 cm³/mol. The molecule has 0 bridgehead atoms. The number of carboxylic acids is 1. The molecule has 1 aromatic rings. The zero-order chi connectivity index (χ0) is 22.0. The molecule has 2 amide bonds. The summed E-state index contributed by atoms with van der Waals surface area (Å²) in [5.41, 5.74) is 0.955. The van der Waals surface area contributed by atoms with Gasteiger partial charge in [0, 0.05) is 12.3 Å². The molecular formula is C21H32N2O5S. The van der Waals surface area contributed by atoms with Gasteiger partial charge in [-0.05, 0) is 24.8 Å². The van der Waals surface area contributed by atoms with Crippen molar-refractivity contribution < 1.29 is 24.2 Å². The minimum Gasteiger partial charge on any atom is -0.481 e. The van der Waals surface area contributed by atoms with Crippen LogP contribution in [0.3, 0.4) is 0 Å². The lowest BCUT2D eigenvalue weighted by atomic mass is 9.91. The van der Waals surface area contributed by atoms with E-state index in [-0.39, 0.29) is 18.2 Å². The average molecular weight is 425 g/mol. The lowest BCUT2D eigenvalue weighted by Gasteiger charge is -2.28. The third-order valence-electron chi connectivity index (χ3n) is 4.56. The van der Waals surface area contributed by atoms with E-state index in [1.165, 1.54) is 7.05 Å². The zero-order valence-electron chi connectivity index (χ0n) is 17.4. The van der Waals surface area contributed by atoms with Crippen LogP contribution in [0.1, 0.15) is 39.2 Å². The quantitative estimate of drug-likeness (QED) is 0.385. The zero-order valence-corrected chi connectivity index (χ0v) is 18.3. The molecule has 0 saturated carbocycles. The van der Waals surface area contributed by atoms with Gasteiger partial charge in [-0.15, -0.1) is 0 Å². The standard InChI is InChI=1S/C21H32N2O5S/c1-13(2)10-16(17(29)11-18(24)25)20(26)23-19(21(27)22-4)14(3)28-12-15-8-6-5-7-9-15/h5-9,13-14,16-17,19,29H,10-12H2,1-4H3,(H,22,27)(H,23,26)(H,24,25)/t14-,16?,17?,19+/m1/s1. The van der Waals surface area contributed by atoms with Crippen molar-refractivity contribution >= 4 is 30.4 Å². The molecule has 3 N–H and O–H groups in total. The predicted octanol–water partition coefficient (Wildman–Crippen LogP) is 2.26. The summed E-state index contributed by atoms with van der Waals surface area (Å²) in [6, 6.07) is 8.61. The molecule has 2 unspecified atom stereocenters. The molecule has 0 aliphatic heterocycles. The third kappa shape index (κ3) is 8.87. The van der Waals surface area contributed by atoms with Gasteiger partial charge in [0.25, 0.3) is 0 Å². The van der Waals surface area contributed by atoms with E-state index in [1.807, 2.05) is 44.2 Å². The molecule has 7 nitrogen and oxygen atoms in total. The van der Waals surface area contributed by atoms with Crippen molar-refractivity contribution in [3.8, 4) is 0 Å². The van der Waals surface area contributed by atoms with Crippen LogP contribution in [0.25, 0.3) is 0 Å². The highest BCUT2D eigenvalue weighted by atomic mass is 32.1. The molecule has 0 aliphatic carbocycles. The molecule has 0 fully saturated rings. The van der Waals surface area contributed by atoms with Crippen molar-refractivity contribution in [2.45, 2.75) is 57.6 Å². The number of hydrogen-bond acceptors (Lipinski definition) is 5. The molecule has 0 heterocycles. The molecule has 0 aliphatic rings. The lowest BCUT2D eigenvalue weighted by molar-refractivity contribution is -0.138. The monoisotopic (exact) mass is 424 g/mol. The Morgan fingerprint density at radius 3 is 2.24 bits per heavy atom. The van der Waals surface area contributed by atoms with Gasteiger partial charge >= 0.3 is 5.97 Å². The van der Waals surface area contributed by atoms with E-state index in [0.29, 0.717) is 13.0 Å². The van der Waals surface area contributed by atoms with Crippen LogP contribution in [-0.2, 0) is 25.7 Å². The number of hydrogen-bond donors (Lipinski definition) is 4. The summed E-state index contributed by atoms with van der Waals surface area (Å²) < 4.78 is 5.81. The van der Waals surface area contributed by atoms with Crippen LogP contribution in [0.15, 0.2) is 30.3 Å². The molecule has 0 aromatic heterocycles. The largest absolute Gasteiger partial charge is 0.481 e. The second-order valence-electron chi connectivity index (χ2n) is 7.50. The number of carbonyl (C=O) groups is 3. The molecule has 4 atom stereocenters. The fourth-order valence-corrected chi connectivity index (χ4v) is 3.39. The lowest BCUT2D eigenvalue weighted by Crippen LogP contribution is -2.54. The molecule has 0 spiro atoms. The minimum absolute atomic E-state index is 0.166. The summed E-state index contributed by atoms with van der Waals surface area (Å²) in [5, 5.41) is 13.7. The number of aliphatic carboxylic acids is 1. The Balaban J connectivity index is 2.88. The minimum atomic E-state index is -1.02. The third-order valence-corrected chi connectivity index (χ3v) is 5.10. The van der Waals surface area contributed by atoms with E-state index < -0.39 is 35.2 Å². The second-order valence-corrected chi connectivity index (χ2v) is 8.17. The van der Waals surface area contributed by atoms with Gasteiger partial charge in [0.05, 0.1) is 25.0 Å². The van der Waals surface area contributed by atoms with Crippen LogP contribution < -0.4 is 10.6 Å². The van der Waals surface area contributed by atoms with Gasteiger partial charge in [-0.3, -0.25) is 14.4 Å². The number of rotatable bonds is 12. The fourth-order valence-electron chi connectivity index (χ4n) is 2.98. The van der Waals surface area contributed by atoms with Crippen molar-refractivity contribution in [2.75, 3.05) is 7.05 Å². The van der Waals surface area contributed by atoms with E-state index in [1.54, 1.807) is 6.92 Å². The van der Waals surface area contributed by atoms with Crippen molar-refractivity contribution in [2.24, 2.45) is 11.8 Å². The SMILES string of the molecule is CNC(=O)[C@@H](NC(=O)C(CC(C)C)C(S)CC(=O)O)[C@@H](C)OCc1ccccc1. The van der Waals surface area contributed by atoms with Gasteiger partial charge in [-0.25, -0.2) is 0 Å². The Bertz CT molecular complexity index is 668. The summed E-state index contributed by atoms with van der Waals surface area (Å²) >= 11 is 4.34. The number of amides is 2. The Morgan fingerprint density at radius 1 is 1.10 bits per heavy atom. The Morgan fingerprint density at radius 2 is 1.72 bits per heavy atom. The topological polar surface area (TPSA) is 105 Å². The molecular weight excluding hydrogens is 392 g/mol. The maximum absolute atomic E-state index is 12.9. The van der Waals surface area contributed by atoms with Crippen LogP contribution in [0.4, 0.5) is 0 Å². The van der Waals surface area contributed by atoms with Crippen molar-refractivity contribution in [1.82, 2.24) is 10.6 Å². The first kappa shape index (κ1) is 25.0. The first-order valence-corrected chi connectivity index (χ1v) is 10.2. The van der Waals surface area contributed by atoms with Crippen molar-refractivity contribution in [3.05, 3.63) is 35.9 Å². The highest BCUT2D eigenvalue weighted by Crippen LogP contribution is 2.23. The van der Waals surface area contributed by atoms with Gasteiger partial charge in [0.1, 0.15) is 6.04 Å². The van der Waals surface area contributed by atoms with Gasteiger partial charge in [0.2, 0.25) is 11.8 Å². The van der Waals surface area contributed by atoms with E-state index >= 15 is 0 Å². The number of likely N-dealkylation sites (N-methyl/N-ethyl adjacent to an activating group) is 1. The smallest absolute Gasteiger partial charge is 0.304 e. The maximum atomic E-state index is 12.9. The molecule has 162 valence electrons. The maximum Gasteiger partial charge on any atom is 0.304 e. The van der Waals surface area contributed by atoms with Crippen molar-refractivity contribution in [1.29, 1.82) is 0 Å². The highest BCUT2D eigenvalue weighted by molar-refractivity contribution is 7.81. The first-order chi connectivity index (χ1) is 13.6. The summed E-state index contributed by atoms with van der Waals surface area (Å²) in [4.78, 5) is 36.4. The normalized spacial score (nSPS) is 15.2. The number of carbonyl (C=O) groups excluding carboxylic acids is 2. The Kier molecular flexibility index (Phi) is 10.8. The highest BCUT2D eigenvalue weighted by Gasteiger charge is 2.33. The van der Waals surface area contributed by atoms with Crippen LogP contribution in [0.5, 0.6) is 0 Å². The van der Waals surface area contributed by atoms with Gasteiger partial charge in [0.15, 0.2) is 0 Å². The van der Waals surface area contributed by atoms with E-state index in [2.05, 4.69) is 23.3 Å². The van der Waals surface area contributed by atoms with E-state index in [4.69, 9.17) is 9.84 Å². The molecule has 0 saturated heterocycles. The summed E-state index contributed by atoms with van der Waals surface area (Å²) in [6.45, 7) is 5.91. The fraction of sp³-hybridized carbons (Fsp3) is 0.571. The number of thiol groups is 1. The van der Waals surface area contributed by atoms with Gasteiger partial charge in [-0.1, -0.05) is 44.2 Å². The molecule has 29 heavy (non-hydrogen) atoms. The molecule has 1 aromatic carbocycles. The second kappa shape index (κ2) is 12.5. The van der Waals surface area contributed by atoms with Crippen LogP contribution >= 0.6 is 12.6 Å². The van der Waals surface area contributed by atoms with Gasteiger partial charge < -0.3 is 20.5 Å². The molecule has 0 radical (unpaired) electrons. The first-order valence-electron chi connectivity index (χ1n) is 9.73. The van der Waals surface area contributed by atoms with E-state index in [0.717, 1.165) is 5.56 Å². The average Bonchev–Trinajstić information content (AvgIpc) is 2.67. The summed E-state index contributed by atoms with van der Waals surface area (Å²) in [5.74, 6) is -2.27. The molecule has 8 heteroatoms. The Labute approximate surface area is 178 Å². The Hall–Kier alpha value is -2.06. The summed E-state index contributed by atoms with van der Waals surface area (Å²) in [7, 11) is 1.49.